The fourth-order valence-electron chi connectivity index (χ4n) is 1.54. The van der Waals surface area contributed by atoms with Gasteiger partial charge in [0.1, 0.15) is 0 Å². The minimum absolute atomic E-state index is 0.703. The summed E-state index contributed by atoms with van der Waals surface area (Å²) in [6, 6.07) is 0. The predicted molar refractivity (Wildman–Crippen MR) is 73.9 cm³/mol. The number of likely N-dealkylation sites (N-methyl/N-ethyl adjacent to an activating group) is 1. The summed E-state index contributed by atoms with van der Waals surface area (Å²) in [6.45, 7) is 10.1. The molecule has 0 radical (unpaired) electrons. The molecular weight excluding hydrogens is 228 g/mol. The van der Waals surface area contributed by atoms with Gasteiger partial charge in [-0.15, -0.1) is 0 Å². The van der Waals surface area contributed by atoms with E-state index in [0.29, 0.717) is 6.61 Å². The van der Waals surface area contributed by atoms with E-state index >= 15 is 0 Å². The summed E-state index contributed by atoms with van der Waals surface area (Å²) in [4.78, 5) is 10.9. The van der Waals surface area contributed by atoms with Crippen molar-refractivity contribution >= 4 is 5.95 Å². The fraction of sp³-hybridized carbons (Fsp3) is 0.692. The van der Waals surface area contributed by atoms with Crippen LogP contribution in [-0.2, 0) is 11.3 Å². The van der Waals surface area contributed by atoms with E-state index < -0.39 is 0 Å². The first-order chi connectivity index (χ1) is 8.69. The lowest BCUT2D eigenvalue weighted by molar-refractivity contribution is 0.154. The van der Waals surface area contributed by atoms with Gasteiger partial charge in [0, 0.05) is 44.2 Å². The first-order valence-corrected chi connectivity index (χ1v) is 6.51. The Labute approximate surface area is 110 Å². The second kappa shape index (κ2) is 8.00. The van der Waals surface area contributed by atoms with Gasteiger partial charge in [0.05, 0.1) is 6.61 Å². The number of aromatic nitrogens is 2. The molecule has 0 unspecified atom stereocenters. The second-order valence-electron chi connectivity index (χ2n) is 4.18. The third kappa shape index (κ3) is 4.58. The van der Waals surface area contributed by atoms with Gasteiger partial charge in [-0.2, -0.15) is 0 Å². The molecule has 0 aromatic carbocycles. The number of hydrogen-bond donors (Lipinski definition) is 1. The van der Waals surface area contributed by atoms with E-state index in [0.717, 1.165) is 43.4 Å². The van der Waals surface area contributed by atoms with E-state index in [2.05, 4.69) is 22.2 Å². The Bertz CT molecular complexity index is 357. The Morgan fingerprint density at radius 2 is 2.17 bits per heavy atom. The van der Waals surface area contributed by atoms with Crippen LogP contribution in [0.1, 0.15) is 25.1 Å². The van der Waals surface area contributed by atoms with Crippen molar-refractivity contribution in [2.75, 3.05) is 38.3 Å². The Hall–Kier alpha value is -1.20. The van der Waals surface area contributed by atoms with E-state index in [1.165, 1.54) is 0 Å². The number of aryl methyl sites for hydroxylation is 1. The molecule has 1 aromatic heterocycles. The van der Waals surface area contributed by atoms with Crippen molar-refractivity contribution in [1.29, 1.82) is 0 Å². The maximum absolute atomic E-state index is 5.33. The van der Waals surface area contributed by atoms with Crippen LogP contribution >= 0.6 is 0 Å². The topological polar surface area (TPSA) is 50.3 Å². The molecule has 1 rings (SSSR count). The Balaban J connectivity index is 2.59. The van der Waals surface area contributed by atoms with Crippen LogP contribution in [0.5, 0.6) is 0 Å². The zero-order chi connectivity index (χ0) is 13.4. The second-order valence-corrected chi connectivity index (χ2v) is 4.18. The van der Waals surface area contributed by atoms with Crippen molar-refractivity contribution in [2.45, 2.75) is 27.3 Å². The van der Waals surface area contributed by atoms with Crippen LogP contribution in [0.2, 0.25) is 0 Å². The van der Waals surface area contributed by atoms with Gasteiger partial charge in [0.25, 0.3) is 0 Å². The Morgan fingerprint density at radius 3 is 2.78 bits per heavy atom. The van der Waals surface area contributed by atoms with Crippen molar-refractivity contribution in [3.63, 3.8) is 0 Å². The third-order valence-electron chi connectivity index (χ3n) is 2.75. The predicted octanol–water partition coefficient (Wildman–Crippen LogP) is 1.37. The maximum atomic E-state index is 5.33. The van der Waals surface area contributed by atoms with Crippen molar-refractivity contribution in [2.24, 2.45) is 0 Å². The fourth-order valence-corrected chi connectivity index (χ4v) is 1.54. The first kappa shape index (κ1) is 14.9. The summed E-state index contributed by atoms with van der Waals surface area (Å²) >= 11 is 0. The van der Waals surface area contributed by atoms with Crippen LogP contribution in [0.25, 0.3) is 0 Å². The maximum Gasteiger partial charge on any atom is 0.225 e. The Morgan fingerprint density at radius 1 is 1.39 bits per heavy atom. The molecule has 0 amide bonds. The van der Waals surface area contributed by atoms with Crippen molar-refractivity contribution in [3.8, 4) is 0 Å². The molecule has 0 saturated heterocycles. The molecule has 1 aromatic rings. The highest BCUT2D eigenvalue weighted by Gasteiger charge is 2.07. The number of ether oxygens (including phenoxy) is 1. The summed E-state index contributed by atoms with van der Waals surface area (Å²) in [5.41, 5.74) is 2.18. The molecule has 0 atom stereocenters. The van der Waals surface area contributed by atoms with Crippen LogP contribution in [0.15, 0.2) is 6.20 Å². The molecule has 18 heavy (non-hydrogen) atoms. The van der Waals surface area contributed by atoms with Gasteiger partial charge in [-0.1, -0.05) is 6.92 Å². The van der Waals surface area contributed by atoms with Crippen LogP contribution in [0.4, 0.5) is 5.95 Å². The number of nitrogens with zero attached hydrogens (tertiary/aromatic N) is 3. The summed E-state index contributed by atoms with van der Waals surface area (Å²) in [6.07, 6.45) is 1.90. The number of nitrogens with one attached hydrogen (secondary N) is 1. The molecule has 0 saturated carbocycles. The summed E-state index contributed by atoms with van der Waals surface area (Å²) in [5.74, 6) is 0.757. The van der Waals surface area contributed by atoms with E-state index in [9.17, 15) is 0 Å². The van der Waals surface area contributed by atoms with Gasteiger partial charge in [-0.3, -0.25) is 0 Å². The van der Waals surface area contributed by atoms with Crippen molar-refractivity contribution in [3.05, 3.63) is 17.5 Å². The van der Waals surface area contributed by atoms with Crippen LogP contribution < -0.4 is 10.2 Å². The van der Waals surface area contributed by atoms with Gasteiger partial charge in [-0.05, 0) is 20.4 Å². The molecule has 5 heteroatoms. The monoisotopic (exact) mass is 252 g/mol. The van der Waals surface area contributed by atoms with Gasteiger partial charge in [0.15, 0.2) is 0 Å². The van der Waals surface area contributed by atoms with Gasteiger partial charge in [0.2, 0.25) is 5.95 Å². The molecule has 0 aliphatic heterocycles. The highest BCUT2D eigenvalue weighted by Crippen LogP contribution is 2.09. The lowest BCUT2D eigenvalue weighted by Gasteiger charge is -2.17. The molecule has 1 heterocycles. The summed E-state index contributed by atoms with van der Waals surface area (Å²) < 4.78 is 5.33. The van der Waals surface area contributed by atoms with Gasteiger partial charge >= 0.3 is 0 Å². The third-order valence-corrected chi connectivity index (χ3v) is 2.75. The highest BCUT2D eigenvalue weighted by atomic mass is 16.5. The Kier molecular flexibility index (Phi) is 6.60. The molecule has 5 nitrogen and oxygen atoms in total. The summed E-state index contributed by atoms with van der Waals surface area (Å²) in [5, 5.41) is 3.28. The molecule has 0 aliphatic carbocycles. The van der Waals surface area contributed by atoms with E-state index in [1.54, 1.807) is 0 Å². The SMILES string of the molecule is CCNCc1cnc(N(C)CCOCC)nc1C. The highest BCUT2D eigenvalue weighted by molar-refractivity contribution is 5.31. The van der Waals surface area contributed by atoms with Crippen LogP contribution in [-0.4, -0.2) is 43.3 Å². The molecule has 0 fully saturated rings. The molecule has 102 valence electrons. The first-order valence-electron chi connectivity index (χ1n) is 6.51. The standard InChI is InChI=1S/C13H24N4O/c1-5-14-9-12-10-15-13(16-11(12)3)17(4)7-8-18-6-2/h10,14H,5-9H2,1-4H3. The minimum atomic E-state index is 0.703. The molecule has 0 spiro atoms. The van der Waals surface area contributed by atoms with E-state index in [-0.39, 0.29) is 0 Å². The van der Waals surface area contributed by atoms with Crippen LogP contribution in [0, 0.1) is 6.92 Å². The van der Waals surface area contributed by atoms with Crippen LogP contribution in [0.3, 0.4) is 0 Å². The largest absolute Gasteiger partial charge is 0.380 e. The number of anilines is 1. The normalized spacial score (nSPS) is 10.7. The van der Waals surface area contributed by atoms with Crippen molar-refractivity contribution < 1.29 is 4.74 Å². The quantitative estimate of drug-likeness (QED) is 0.708. The smallest absolute Gasteiger partial charge is 0.225 e. The van der Waals surface area contributed by atoms with E-state index in [1.807, 2.05) is 32.0 Å². The number of hydrogen-bond acceptors (Lipinski definition) is 5. The molecule has 0 aliphatic rings. The van der Waals surface area contributed by atoms with Gasteiger partial charge < -0.3 is 15.0 Å². The average Bonchev–Trinajstić information content (AvgIpc) is 2.37. The molecule has 1 N–H and O–H groups in total. The summed E-state index contributed by atoms with van der Waals surface area (Å²) in [7, 11) is 1.98. The van der Waals surface area contributed by atoms with E-state index in [4.69, 9.17) is 4.74 Å². The molecule has 0 bridgehead atoms. The molecular formula is C13H24N4O. The van der Waals surface area contributed by atoms with Crippen molar-refractivity contribution in [1.82, 2.24) is 15.3 Å². The average molecular weight is 252 g/mol. The lowest BCUT2D eigenvalue weighted by Crippen LogP contribution is -2.25. The zero-order valence-corrected chi connectivity index (χ0v) is 11.9. The number of rotatable bonds is 8. The minimum Gasteiger partial charge on any atom is -0.380 e. The van der Waals surface area contributed by atoms with Gasteiger partial charge in [-0.25, -0.2) is 9.97 Å². The zero-order valence-electron chi connectivity index (χ0n) is 11.9. The lowest BCUT2D eigenvalue weighted by atomic mass is 10.2.